The Hall–Kier alpha value is -1.59. The van der Waals surface area contributed by atoms with Crippen LogP contribution in [0, 0.1) is 11.8 Å². The molecule has 25 heavy (non-hydrogen) atoms. The number of aliphatic carboxylic acids is 1. The van der Waals surface area contributed by atoms with Crippen LogP contribution in [0.25, 0.3) is 0 Å². The summed E-state index contributed by atoms with van der Waals surface area (Å²) in [5.74, 6) is -1.35. The van der Waals surface area contributed by atoms with Gasteiger partial charge < -0.3 is 14.7 Å². The predicted octanol–water partition coefficient (Wildman–Crippen LogP) is 3.52. The molecule has 1 heterocycles. The van der Waals surface area contributed by atoms with Crippen LogP contribution in [-0.4, -0.2) is 41.1 Å². The van der Waals surface area contributed by atoms with Crippen LogP contribution in [0.5, 0.6) is 0 Å². The van der Waals surface area contributed by atoms with Gasteiger partial charge in [0.15, 0.2) is 0 Å². The van der Waals surface area contributed by atoms with E-state index >= 15 is 0 Å². The van der Waals surface area contributed by atoms with Crippen molar-refractivity contribution in [1.29, 1.82) is 0 Å². The minimum absolute atomic E-state index is 0.0172. The molecule has 0 aromatic heterocycles. The van der Waals surface area contributed by atoms with Gasteiger partial charge in [-0.3, -0.25) is 9.59 Å². The van der Waals surface area contributed by atoms with Gasteiger partial charge in [0.2, 0.25) is 5.91 Å². The number of rotatable bonds is 3. The Morgan fingerprint density at radius 1 is 1.24 bits per heavy atom. The molecule has 4 atom stereocenters. The number of carbonyl (C=O) groups is 2. The van der Waals surface area contributed by atoms with Crippen LogP contribution in [-0.2, 0) is 14.3 Å². The van der Waals surface area contributed by atoms with Gasteiger partial charge in [0.05, 0.1) is 25.1 Å². The minimum atomic E-state index is -0.790. The predicted molar refractivity (Wildman–Crippen MR) is 94.4 cm³/mol. The highest BCUT2D eigenvalue weighted by atomic mass is 35.5. The van der Waals surface area contributed by atoms with Gasteiger partial charge in [0.1, 0.15) is 6.10 Å². The molecule has 1 aliphatic heterocycles. The van der Waals surface area contributed by atoms with E-state index in [1.807, 2.05) is 36.1 Å². The van der Waals surface area contributed by atoms with Crippen molar-refractivity contribution in [2.75, 3.05) is 13.2 Å². The SMILES string of the molecule is CC1COC(c2ccccc2Cl)CN1C(=O)C1CCCC(C(=O)O)C1. The fourth-order valence-electron chi connectivity index (χ4n) is 3.86. The van der Waals surface area contributed by atoms with E-state index in [4.69, 9.17) is 16.3 Å². The number of halogens is 1. The molecule has 1 aromatic rings. The van der Waals surface area contributed by atoms with Crippen molar-refractivity contribution in [3.8, 4) is 0 Å². The quantitative estimate of drug-likeness (QED) is 0.889. The molecule has 5 nitrogen and oxygen atoms in total. The van der Waals surface area contributed by atoms with Crippen molar-refractivity contribution >= 4 is 23.5 Å². The van der Waals surface area contributed by atoms with Gasteiger partial charge in [-0.1, -0.05) is 36.2 Å². The highest BCUT2D eigenvalue weighted by molar-refractivity contribution is 6.31. The first kappa shape index (κ1) is 18.2. The maximum Gasteiger partial charge on any atom is 0.306 e. The Bertz CT molecular complexity index is 650. The van der Waals surface area contributed by atoms with Crippen molar-refractivity contribution in [2.45, 2.75) is 44.8 Å². The summed E-state index contributed by atoms with van der Waals surface area (Å²) in [5.41, 5.74) is 0.890. The third-order valence-electron chi connectivity index (χ3n) is 5.34. The second-order valence-electron chi connectivity index (χ2n) is 7.08. The van der Waals surface area contributed by atoms with E-state index in [2.05, 4.69) is 0 Å². The topological polar surface area (TPSA) is 66.8 Å². The molecule has 2 aliphatic rings. The number of amides is 1. The molecule has 1 aliphatic carbocycles. The molecule has 0 radical (unpaired) electrons. The molecular weight excluding hydrogens is 342 g/mol. The van der Waals surface area contributed by atoms with Crippen LogP contribution in [0.15, 0.2) is 24.3 Å². The molecule has 3 rings (SSSR count). The molecule has 1 aromatic carbocycles. The van der Waals surface area contributed by atoms with Crippen LogP contribution in [0.1, 0.15) is 44.3 Å². The lowest BCUT2D eigenvalue weighted by atomic mass is 9.80. The largest absolute Gasteiger partial charge is 0.481 e. The molecule has 1 saturated carbocycles. The first-order valence-electron chi connectivity index (χ1n) is 8.86. The van der Waals surface area contributed by atoms with Crippen molar-refractivity contribution in [3.63, 3.8) is 0 Å². The third kappa shape index (κ3) is 3.98. The van der Waals surface area contributed by atoms with Crippen molar-refractivity contribution < 1.29 is 19.4 Å². The number of morpholine rings is 1. The minimum Gasteiger partial charge on any atom is -0.481 e. The molecule has 2 fully saturated rings. The second-order valence-corrected chi connectivity index (χ2v) is 7.49. The van der Waals surface area contributed by atoms with Gasteiger partial charge >= 0.3 is 5.97 Å². The number of carboxylic acid groups (broad SMARTS) is 1. The van der Waals surface area contributed by atoms with Gasteiger partial charge in [-0.15, -0.1) is 0 Å². The first-order valence-corrected chi connectivity index (χ1v) is 9.24. The lowest BCUT2D eigenvalue weighted by Gasteiger charge is -2.41. The normalized spacial score (nSPS) is 30.1. The van der Waals surface area contributed by atoms with Gasteiger partial charge in [-0.2, -0.15) is 0 Å². The van der Waals surface area contributed by atoms with E-state index in [9.17, 15) is 14.7 Å². The fourth-order valence-corrected chi connectivity index (χ4v) is 4.12. The number of carbonyl (C=O) groups excluding carboxylic acids is 1. The van der Waals surface area contributed by atoms with E-state index in [1.165, 1.54) is 0 Å². The number of carboxylic acids is 1. The maximum atomic E-state index is 13.0. The zero-order valence-electron chi connectivity index (χ0n) is 14.4. The van der Waals surface area contributed by atoms with E-state index in [0.717, 1.165) is 18.4 Å². The molecule has 136 valence electrons. The van der Waals surface area contributed by atoms with Crippen molar-refractivity contribution in [1.82, 2.24) is 4.90 Å². The number of benzene rings is 1. The van der Waals surface area contributed by atoms with Crippen LogP contribution >= 0.6 is 11.6 Å². The third-order valence-corrected chi connectivity index (χ3v) is 5.69. The highest BCUT2D eigenvalue weighted by Crippen LogP contribution is 2.34. The van der Waals surface area contributed by atoms with Crippen molar-refractivity contribution in [3.05, 3.63) is 34.9 Å². The Morgan fingerprint density at radius 2 is 1.96 bits per heavy atom. The molecule has 0 spiro atoms. The van der Waals surface area contributed by atoms with Crippen molar-refractivity contribution in [2.24, 2.45) is 11.8 Å². The summed E-state index contributed by atoms with van der Waals surface area (Å²) in [5, 5.41) is 9.90. The molecule has 0 bridgehead atoms. The number of nitrogens with zero attached hydrogens (tertiary/aromatic N) is 1. The molecule has 1 saturated heterocycles. The Morgan fingerprint density at radius 3 is 2.68 bits per heavy atom. The summed E-state index contributed by atoms with van der Waals surface area (Å²) >= 11 is 6.28. The monoisotopic (exact) mass is 365 g/mol. The fraction of sp³-hybridized carbons (Fsp3) is 0.579. The van der Waals surface area contributed by atoms with Gasteiger partial charge in [0, 0.05) is 16.5 Å². The second kappa shape index (κ2) is 7.75. The number of hydrogen-bond donors (Lipinski definition) is 1. The first-order chi connectivity index (χ1) is 12.0. The molecule has 4 unspecified atom stereocenters. The van der Waals surface area contributed by atoms with Gasteiger partial charge in [-0.25, -0.2) is 0 Å². The van der Waals surface area contributed by atoms with Crippen LogP contribution in [0.2, 0.25) is 5.02 Å². The van der Waals surface area contributed by atoms with E-state index < -0.39 is 11.9 Å². The summed E-state index contributed by atoms with van der Waals surface area (Å²) in [6, 6.07) is 7.51. The molecular formula is C19H24ClNO4. The lowest BCUT2D eigenvalue weighted by Crippen LogP contribution is -2.51. The van der Waals surface area contributed by atoms with E-state index in [1.54, 1.807) is 0 Å². The highest BCUT2D eigenvalue weighted by Gasteiger charge is 2.37. The standard InChI is InChI=1S/C19H24ClNO4/c1-12-11-25-17(15-7-2-3-8-16(15)20)10-21(12)18(22)13-5-4-6-14(9-13)19(23)24/h2-3,7-8,12-14,17H,4-6,9-11H2,1H3,(H,23,24). The van der Waals surface area contributed by atoms with Gasteiger partial charge in [0.25, 0.3) is 0 Å². The smallest absolute Gasteiger partial charge is 0.306 e. The Balaban J connectivity index is 1.72. The zero-order chi connectivity index (χ0) is 18.0. The van der Waals surface area contributed by atoms with Crippen LogP contribution < -0.4 is 0 Å². The number of ether oxygens (including phenoxy) is 1. The summed E-state index contributed by atoms with van der Waals surface area (Å²) in [4.78, 5) is 26.2. The van der Waals surface area contributed by atoms with E-state index in [0.29, 0.717) is 31.0 Å². The molecule has 1 N–H and O–H groups in total. The van der Waals surface area contributed by atoms with Gasteiger partial charge in [-0.05, 0) is 32.3 Å². The lowest BCUT2D eigenvalue weighted by molar-refractivity contribution is -0.152. The summed E-state index contributed by atoms with van der Waals surface area (Å²) < 4.78 is 5.91. The average Bonchev–Trinajstić information content (AvgIpc) is 2.62. The summed E-state index contributed by atoms with van der Waals surface area (Å²) in [6.45, 7) is 2.88. The zero-order valence-corrected chi connectivity index (χ0v) is 15.1. The maximum absolute atomic E-state index is 13.0. The average molecular weight is 366 g/mol. The van der Waals surface area contributed by atoms with Crippen LogP contribution in [0.4, 0.5) is 0 Å². The Labute approximate surface area is 152 Å². The summed E-state index contributed by atoms with van der Waals surface area (Å²) in [7, 11) is 0. The Kier molecular flexibility index (Phi) is 5.64. The molecule has 6 heteroatoms. The molecule has 1 amide bonds. The summed E-state index contributed by atoms with van der Waals surface area (Å²) in [6.07, 6.45) is 2.42. The number of hydrogen-bond acceptors (Lipinski definition) is 3. The van der Waals surface area contributed by atoms with E-state index in [-0.39, 0.29) is 24.0 Å². The van der Waals surface area contributed by atoms with Crippen LogP contribution in [0.3, 0.4) is 0 Å².